The van der Waals surface area contributed by atoms with Gasteiger partial charge in [-0.3, -0.25) is 9.69 Å². The standard InChI is InChI=1S/C21H25ClN2O2/c22-19-9-6-17(7-10-19)8-11-21(25)23-14-20-16-24(12-13-26-20)15-18-4-2-1-3-5-18/h1-7,9-10,20H,8,11-16H2,(H,23,25). The number of nitrogens with one attached hydrogen (secondary N) is 1. The minimum absolute atomic E-state index is 0.0481. The van der Waals surface area contributed by atoms with Crippen LogP contribution in [0.2, 0.25) is 5.02 Å². The van der Waals surface area contributed by atoms with Gasteiger partial charge in [-0.1, -0.05) is 54.1 Å². The minimum Gasteiger partial charge on any atom is -0.374 e. The molecule has 26 heavy (non-hydrogen) atoms. The molecule has 2 aromatic rings. The van der Waals surface area contributed by atoms with Crippen LogP contribution >= 0.6 is 11.6 Å². The normalized spacial score (nSPS) is 17.8. The Bertz CT molecular complexity index is 691. The van der Waals surface area contributed by atoms with Crippen molar-refractivity contribution in [1.82, 2.24) is 10.2 Å². The molecule has 1 atom stereocenters. The van der Waals surface area contributed by atoms with Crippen molar-refractivity contribution in [3.05, 3.63) is 70.7 Å². The largest absolute Gasteiger partial charge is 0.374 e. The first-order valence-electron chi connectivity index (χ1n) is 9.08. The number of aryl methyl sites for hydroxylation is 1. The van der Waals surface area contributed by atoms with Crippen LogP contribution in [-0.4, -0.2) is 43.2 Å². The third-order valence-corrected chi connectivity index (χ3v) is 4.80. The Kier molecular flexibility index (Phi) is 7.06. The summed E-state index contributed by atoms with van der Waals surface area (Å²) >= 11 is 5.88. The Morgan fingerprint density at radius 3 is 2.65 bits per heavy atom. The van der Waals surface area contributed by atoms with Crippen LogP contribution in [0.1, 0.15) is 17.5 Å². The van der Waals surface area contributed by atoms with E-state index < -0.39 is 0 Å². The van der Waals surface area contributed by atoms with Crippen LogP contribution in [0, 0.1) is 0 Å². The molecule has 1 unspecified atom stereocenters. The quantitative estimate of drug-likeness (QED) is 0.810. The number of carbonyl (C=O) groups excluding carboxylic acids is 1. The molecule has 1 aliphatic rings. The van der Waals surface area contributed by atoms with Gasteiger partial charge in [0.05, 0.1) is 12.7 Å². The van der Waals surface area contributed by atoms with Gasteiger partial charge in [0.1, 0.15) is 0 Å². The highest BCUT2D eigenvalue weighted by molar-refractivity contribution is 6.30. The van der Waals surface area contributed by atoms with Gasteiger partial charge in [0.25, 0.3) is 0 Å². The third kappa shape index (κ3) is 6.13. The summed E-state index contributed by atoms with van der Waals surface area (Å²) in [6, 6.07) is 18.1. The Morgan fingerprint density at radius 1 is 1.12 bits per heavy atom. The van der Waals surface area contributed by atoms with Gasteiger partial charge in [0, 0.05) is 37.6 Å². The van der Waals surface area contributed by atoms with Crippen LogP contribution in [0.4, 0.5) is 0 Å². The lowest BCUT2D eigenvalue weighted by molar-refractivity contribution is -0.122. The van der Waals surface area contributed by atoms with Crippen molar-refractivity contribution < 1.29 is 9.53 Å². The Morgan fingerprint density at radius 2 is 1.88 bits per heavy atom. The first kappa shape index (κ1) is 18.9. The predicted octanol–water partition coefficient (Wildman–Crippen LogP) is 3.29. The summed E-state index contributed by atoms with van der Waals surface area (Å²) in [5.74, 6) is 0.0590. The second-order valence-electron chi connectivity index (χ2n) is 6.64. The number of amides is 1. The molecule has 1 amide bonds. The van der Waals surface area contributed by atoms with Crippen molar-refractivity contribution >= 4 is 17.5 Å². The van der Waals surface area contributed by atoms with E-state index in [1.807, 2.05) is 30.3 Å². The second-order valence-corrected chi connectivity index (χ2v) is 7.08. The number of hydrogen-bond donors (Lipinski definition) is 1. The molecule has 0 aliphatic carbocycles. The summed E-state index contributed by atoms with van der Waals surface area (Å²) in [4.78, 5) is 14.5. The van der Waals surface area contributed by atoms with Gasteiger partial charge in [0.2, 0.25) is 5.91 Å². The Balaban J connectivity index is 1.38. The van der Waals surface area contributed by atoms with E-state index in [1.54, 1.807) is 0 Å². The number of hydrogen-bond acceptors (Lipinski definition) is 3. The van der Waals surface area contributed by atoms with E-state index in [4.69, 9.17) is 16.3 Å². The molecule has 4 nitrogen and oxygen atoms in total. The van der Waals surface area contributed by atoms with Crippen molar-refractivity contribution in [1.29, 1.82) is 0 Å². The molecular formula is C21H25ClN2O2. The summed E-state index contributed by atoms with van der Waals surface area (Å²) in [5, 5.41) is 3.72. The SMILES string of the molecule is O=C(CCc1ccc(Cl)cc1)NCC1CN(Cc2ccccc2)CCO1. The number of ether oxygens (including phenoxy) is 1. The highest BCUT2D eigenvalue weighted by Crippen LogP contribution is 2.12. The summed E-state index contributed by atoms with van der Waals surface area (Å²) in [5.41, 5.74) is 2.42. The van der Waals surface area contributed by atoms with E-state index in [0.717, 1.165) is 25.2 Å². The molecule has 0 bridgehead atoms. The number of halogens is 1. The summed E-state index contributed by atoms with van der Waals surface area (Å²) in [6.45, 7) is 3.95. The highest BCUT2D eigenvalue weighted by Gasteiger charge is 2.20. The van der Waals surface area contributed by atoms with Crippen LogP contribution in [0.3, 0.4) is 0 Å². The highest BCUT2D eigenvalue weighted by atomic mass is 35.5. The maximum absolute atomic E-state index is 12.1. The molecular weight excluding hydrogens is 348 g/mol. The van der Waals surface area contributed by atoms with Crippen LogP contribution in [0.5, 0.6) is 0 Å². The number of benzene rings is 2. The maximum Gasteiger partial charge on any atom is 0.220 e. The summed E-state index contributed by atoms with van der Waals surface area (Å²) < 4.78 is 5.80. The molecule has 0 spiro atoms. The van der Waals surface area contributed by atoms with E-state index in [0.29, 0.717) is 31.0 Å². The lowest BCUT2D eigenvalue weighted by atomic mass is 10.1. The zero-order valence-corrected chi connectivity index (χ0v) is 15.6. The molecule has 0 saturated carbocycles. The Labute approximate surface area is 160 Å². The van der Waals surface area contributed by atoms with E-state index >= 15 is 0 Å². The lowest BCUT2D eigenvalue weighted by Gasteiger charge is -2.33. The fraction of sp³-hybridized carbons (Fsp3) is 0.381. The first-order valence-corrected chi connectivity index (χ1v) is 9.46. The maximum atomic E-state index is 12.1. The van der Waals surface area contributed by atoms with E-state index in [9.17, 15) is 4.79 Å². The van der Waals surface area contributed by atoms with Crippen LogP contribution < -0.4 is 5.32 Å². The van der Waals surface area contributed by atoms with Gasteiger partial charge in [-0.2, -0.15) is 0 Å². The van der Waals surface area contributed by atoms with E-state index in [2.05, 4.69) is 34.5 Å². The number of rotatable bonds is 7. The van der Waals surface area contributed by atoms with Crippen LogP contribution in [0.25, 0.3) is 0 Å². The van der Waals surface area contributed by atoms with Crippen LogP contribution in [0.15, 0.2) is 54.6 Å². The van der Waals surface area contributed by atoms with Gasteiger partial charge in [0.15, 0.2) is 0 Å². The molecule has 5 heteroatoms. The smallest absolute Gasteiger partial charge is 0.220 e. The molecule has 1 saturated heterocycles. The fourth-order valence-corrected chi connectivity index (χ4v) is 3.24. The second kappa shape index (κ2) is 9.72. The van der Waals surface area contributed by atoms with Crippen molar-refractivity contribution in [2.75, 3.05) is 26.2 Å². The van der Waals surface area contributed by atoms with Crippen LogP contribution in [-0.2, 0) is 22.5 Å². The van der Waals surface area contributed by atoms with Gasteiger partial charge in [-0.05, 0) is 29.7 Å². The molecule has 2 aromatic carbocycles. The molecule has 1 aliphatic heterocycles. The average molecular weight is 373 g/mol. The van der Waals surface area contributed by atoms with Crippen molar-refractivity contribution in [3.63, 3.8) is 0 Å². The van der Waals surface area contributed by atoms with Gasteiger partial charge < -0.3 is 10.1 Å². The van der Waals surface area contributed by atoms with E-state index in [-0.39, 0.29) is 12.0 Å². The van der Waals surface area contributed by atoms with Crippen molar-refractivity contribution in [2.45, 2.75) is 25.5 Å². The molecule has 3 rings (SSSR count). The first-order chi connectivity index (χ1) is 12.7. The summed E-state index contributed by atoms with van der Waals surface area (Å²) in [6.07, 6.45) is 1.24. The van der Waals surface area contributed by atoms with Gasteiger partial charge >= 0.3 is 0 Å². The topological polar surface area (TPSA) is 41.6 Å². The predicted molar refractivity (Wildman–Crippen MR) is 104 cm³/mol. The van der Waals surface area contributed by atoms with Gasteiger partial charge in [-0.15, -0.1) is 0 Å². The fourth-order valence-electron chi connectivity index (χ4n) is 3.11. The number of nitrogens with zero attached hydrogens (tertiary/aromatic N) is 1. The number of morpholine rings is 1. The molecule has 138 valence electrons. The number of carbonyl (C=O) groups is 1. The molecule has 0 radical (unpaired) electrons. The zero-order valence-electron chi connectivity index (χ0n) is 14.9. The zero-order chi connectivity index (χ0) is 18.2. The van der Waals surface area contributed by atoms with Gasteiger partial charge in [-0.25, -0.2) is 0 Å². The lowest BCUT2D eigenvalue weighted by Crippen LogP contribution is -2.47. The molecule has 1 fully saturated rings. The summed E-state index contributed by atoms with van der Waals surface area (Å²) in [7, 11) is 0. The Hall–Kier alpha value is -1.88. The average Bonchev–Trinajstić information content (AvgIpc) is 2.67. The molecule has 0 aromatic heterocycles. The monoisotopic (exact) mass is 372 g/mol. The van der Waals surface area contributed by atoms with Crippen molar-refractivity contribution in [3.8, 4) is 0 Å². The molecule has 1 heterocycles. The van der Waals surface area contributed by atoms with E-state index in [1.165, 1.54) is 5.56 Å². The third-order valence-electron chi connectivity index (χ3n) is 4.55. The minimum atomic E-state index is 0.0481. The molecule has 1 N–H and O–H groups in total. The van der Waals surface area contributed by atoms with Crippen molar-refractivity contribution in [2.24, 2.45) is 0 Å².